The fourth-order valence-electron chi connectivity index (χ4n) is 2.34. The van der Waals surface area contributed by atoms with Crippen LogP contribution in [0.5, 0.6) is 0 Å². The summed E-state index contributed by atoms with van der Waals surface area (Å²) in [5.41, 5.74) is 0. The van der Waals surface area contributed by atoms with Gasteiger partial charge in [-0.15, -0.1) is 0 Å². The van der Waals surface area contributed by atoms with Gasteiger partial charge in [0.1, 0.15) is 0 Å². The molecule has 1 saturated carbocycles. The van der Waals surface area contributed by atoms with Crippen LogP contribution in [0.2, 0.25) is 0 Å². The summed E-state index contributed by atoms with van der Waals surface area (Å²) in [5.74, 6) is 0.215. The molecule has 1 heterocycles. The third-order valence-corrected chi connectivity index (χ3v) is 3.61. The minimum Gasteiger partial charge on any atom is -0.396 e. The number of aliphatic hydroxyl groups excluding tert-OH is 1. The number of rotatable bonds is 3. The van der Waals surface area contributed by atoms with Gasteiger partial charge in [-0.05, 0) is 33.2 Å². The maximum absolute atomic E-state index is 12.1. The number of piperazine rings is 1. The molecule has 0 aromatic rings. The van der Waals surface area contributed by atoms with Crippen molar-refractivity contribution >= 4 is 5.91 Å². The highest BCUT2D eigenvalue weighted by molar-refractivity contribution is 5.83. The summed E-state index contributed by atoms with van der Waals surface area (Å²) < 4.78 is 0. The van der Waals surface area contributed by atoms with Gasteiger partial charge in [0.15, 0.2) is 0 Å². The van der Waals surface area contributed by atoms with Crippen LogP contribution in [-0.4, -0.2) is 59.1 Å². The Morgan fingerprint density at radius 3 is 2.67 bits per heavy atom. The van der Waals surface area contributed by atoms with Gasteiger partial charge in [-0.2, -0.15) is 0 Å². The maximum Gasteiger partial charge on any atom is 0.240 e. The summed E-state index contributed by atoms with van der Waals surface area (Å²) in [6.07, 6.45) is 2.88. The number of hydrogen-bond donors (Lipinski definition) is 1. The van der Waals surface area contributed by atoms with Crippen LogP contribution in [-0.2, 0) is 4.79 Å². The molecule has 0 radical (unpaired) electrons. The molecule has 0 aromatic carbocycles. The molecular weight excluding hydrogens is 192 g/mol. The van der Waals surface area contributed by atoms with Crippen molar-refractivity contribution in [3.05, 3.63) is 0 Å². The lowest BCUT2D eigenvalue weighted by molar-refractivity contribution is -0.145. The van der Waals surface area contributed by atoms with Crippen molar-refractivity contribution in [2.75, 3.05) is 20.2 Å². The standard InChI is InChI=1S/C11H20N2O2/c1-8-7-13(9-3-4-9)11(15)10(5-6-14)12(8)2/h8-10,14H,3-7H2,1-2H3. The van der Waals surface area contributed by atoms with E-state index in [1.807, 2.05) is 11.9 Å². The van der Waals surface area contributed by atoms with Crippen LogP contribution in [0.25, 0.3) is 0 Å². The number of carbonyl (C=O) groups is 1. The average molecular weight is 212 g/mol. The molecule has 4 nitrogen and oxygen atoms in total. The van der Waals surface area contributed by atoms with Gasteiger partial charge in [0.2, 0.25) is 5.91 Å². The van der Waals surface area contributed by atoms with Crippen LogP contribution in [0.1, 0.15) is 26.2 Å². The summed E-state index contributed by atoms with van der Waals surface area (Å²) in [6, 6.07) is 0.786. The van der Waals surface area contributed by atoms with Gasteiger partial charge in [-0.3, -0.25) is 9.69 Å². The van der Waals surface area contributed by atoms with Gasteiger partial charge in [-0.1, -0.05) is 0 Å². The molecule has 2 fully saturated rings. The summed E-state index contributed by atoms with van der Waals surface area (Å²) in [7, 11) is 1.98. The number of nitrogens with zero attached hydrogens (tertiary/aromatic N) is 2. The van der Waals surface area contributed by atoms with E-state index >= 15 is 0 Å². The Hall–Kier alpha value is -0.610. The second-order valence-electron chi connectivity index (χ2n) is 4.76. The van der Waals surface area contributed by atoms with E-state index in [4.69, 9.17) is 5.11 Å². The molecule has 2 atom stereocenters. The SMILES string of the molecule is CC1CN(C2CC2)C(=O)C(CCO)N1C. The molecule has 15 heavy (non-hydrogen) atoms. The van der Waals surface area contributed by atoms with E-state index < -0.39 is 0 Å². The first-order chi connectivity index (χ1) is 7.15. The first-order valence-electron chi connectivity index (χ1n) is 5.78. The van der Waals surface area contributed by atoms with E-state index in [1.165, 1.54) is 0 Å². The van der Waals surface area contributed by atoms with E-state index in [1.54, 1.807) is 0 Å². The van der Waals surface area contributed by atoms with Crippen molar-refractivity contribution in [1.29, 1.82) is 0 Å². The lowest BCUT2D eigenvalue weighted by Gasteiger charge is -2.43. The quantitative estimate of drug-likeness (QED) is 0.719. The van der Waals surface area contributed by atoms with Crippen molar-refractivity contribution in [3.63, 3.8) is 0 Å². The zero-order valence-corrected chi connectivity index (χ0v) is 9.52. The Labute approximate surface area is 90.9 Å². The Balaban J connectivity index is 2.08. The number of amides is 1. The van der Waals surface area contributed by atoms with Gasteiger partial charge in [0.25, 0.3) is 0 Å². The van der Waals surface area contributed by atoms with Crippen LogP contribution >= 0.6 is 0 Å². The highest BCUT2D eigenvalue weighted by Gasteiger charge is 2.42. The van der Waals surface area contributed by atoms with Crippen LogP contribution in [0, 0.1) is 0 Å². The Morgan fingerprint density at radius 2 is 2.13 bits per heavy atom. The molecular formula is C11H20N2O2. The summed E-state index contributed by atoms with van der Waals surface area (Å²) in [6.45, 7) is 3.08. The van der Waals surface area contributed by atoms with Crippen molar-refractivity contribution < 1.29 is 9.90 Å². The lowest BCUT2D eigenvalue weighted by atomic mass is 10.0. The maximum atomic E-state index is 12.1. The second-order valence-corrected chi connectivity index (χ2v) is 4.76. The Morgan fingerprint density at radius 1 is 1.47 bits per heavy atom. The predicted octanol–water partition coefficient (Wildman–Crippen LogP) is 0.0623. The molecule has 0 bridgehead atoms. The average Bonchev–Trinajstić information content (AvgIpc) is 3.02. The van der Waals surface area contributed by atoms with E-state index in [2.05, 4.69) is 11.8 Å². The molecule has 2 rings (SSSR count). The zero-order chi connectivity index (χ0) is 11.0. The smallest absolute Gasteiger partial charge is 0.240 e. The third kappa shape index (κ3) is 2.01. The molecule has 1 aliphatic heterocycles. The highest BCUT2D eigenvalue weighted by Crippen LogP contribution is 2.31. The molecule has 4 heteroatoms. The van der Waals surface area contributed by atoms with Crippen molar-refractivity contribution in [1.82, 2.24) is 9.80 Å². The van der Waals surface area contributed by atoms with Crippen LogP contribution in [0.3, 0.4) is 0 Å². The van der Waals surface area contributed by atoms with E-state index in [0.29, 0.717) is 18.5 Å². The molecule has 0 aromatic heterocycles. The van der Waals surface area contributed by atoms with Crippen molar-refractivity contribution in [2.24, 2.45) is 0 Å². The highest BCUT2D eigenvalue weighted by atomic mass is 16.3. The Bertz CT molecular complexity index is 253. The molecule has 1 aliphatic carbocycles. The van der Waals surface area contributed by atoms with Crippen LogP contribution in [0.4, 0.5) is 0 Å². The van der Waals surface area contributed by atoms with E-state index in [0.717, 1.165) is 19.4 Å². The van der Waals surface area contributed by atoms with E-state index in [-0.39, 0.29) is 18.6 Å². The van der Waals surface area contributed by atoms with Gasteiger partial charge >= 0.3 is 0 Å². The number of hydrogen-bond acceptors (Lipinski definition) is 3. The summed E-state index contributed by atoms with van der Waals surface area (Å²) in [4.78, 5) is 16.2. The molecule has 1 saturated heterocycles. The molecule has 2 unspecified atom stereocenters. The molecule has 1 amide bonds. The Kier molecular flexibility index (Phi) is 2.98. The molecule has 2 aliphatic rings. The largest absolute Gasteiger partial charge is 0.396 e. The molecule has 1 N–H and O–H groups in total. The lowest BCUT2D eigenvalue weighted by Crippen LogP contribution is -2.60. The topological polar surface area (TPSA) is 43.8 Å². The van der Waals surface area contributed by atoms with Gasteiger partial charge in [-0.25, -0.2) is 0 Å². The van der Waals surface area contributed by atoms with E-state index in [9.17, 15) is 4.79 Å². The molecule has 0 spiro atoms. The fraction of sp³-hybridized carbons (Fsp3) is 0.909. The second kappa shape index (κ2) is 4.10. The summed E-state index contributed by atoms with van der Waals surface area (Å²) in [5, 5.41) is 8.98. The monoisotopic (exact) mass is 212 g/mol. The van der Waals surface area contributed by atoms with Crippen LogP contribution < -0.4 is 0 Å². The minimum atomic E-state index is -0.112. The molecule has 86 valence electrons. The normalized spacial score (nSPS) is 33.5. The van der Waals surface area contributed by atoms with Gasteiger partial charge < -0.3 is 10.0 Å². The van der Waals surface area contributed by atoms with Crippen LogP contribution in [0.15, 0.2) is 0 Å². The fourth-order valence-corrected chi connectivity index (χ4v) is 2.34. The number of likely N-dealkylation sites (N-methyl/N-ethyl adjacent to an activating group) is 1. The van der Waals surface area contributed by atoms with Gasteiger partial charge in [0.05, 0.1) is 6.04 Å². The van der Waals surface area contributed by atoms with Crippen molar-refractivity contribution in [3.8, 4) is 0 Å². The first-order valence-corrected chi connectivity index (χ1v) is 5.78. The number of carbonyl (C=O) groups excluding carboxylic acids is 1. The van der Waals surface area contributed by atoms with Crippen molar-refractivity contribution in [2.45, 2.75) is 44.3 Å². The minimum absolute atomic E-state index is 0.0893. The zero-order valence-electron chi connectivity index (χ0n) is 9.52. The number of aliphatic hydroxyl groups is 1. The predicted molar refractivity (Wildman–Crippen MR) is 57.5 cm³/mol. The first kappa shape index (κ1) is 10.9. The third-order valence-electron chi connectivity index (χ3n) is 3.61. The van der Waals surface area contributed by atoms with Gasteiger partial charge in [0, 0.05) is 25.2 Å². The summed E-state index contributed by atoms with van der Waals surface area (Å²) >= 11 is 0.